The number of hydrogen-bond acceptors (Lipinski definition) is 3. The third kappa shape index (κ3) is 4.22. The van der Waals surface area contributed by atoms with Crippen molar-refractivity contribution in [1.29, 1.82) is 0 Å². The summed E-state index contributed by atoms with van der Waals surface area (Å²) in [5, 5.41) is 12.4. The smallest absolute Gasteiger partial charge is 0.326 e. The van der Waals surface area contributed by atoms with E-state index in [1.807, 2.05) is 19.9 Å². The average molecular weight is 380 g/mol. The highest BCUT2D eigenvalue weighted by molar-refractivity contribution is 6.05. The first-order valence-corrected chi connectivity index (χ1v) is 9.37. The Kier molecular flexibility index (Phi) is 5.78. The van der Waals surface area contributed by atoms with E-state index >= 15 is 0 Å². The second-order valence-electron chi connectivity index (χ2n) is 7.33. The van der Waals surface area contributed by atoms with E-state index in [1.54, 1.807) is 42.5 Å². The molecule has 1 aliphatic heterocycles. The molecule has 3 rings (SSSR count). The number of piperidine rings is 1. The summed E-state index contributed by atoms with van der Waals surface area (Å²) in [6.07, 6.45) is 1.23. The molecule has 2 aromatic rings. The quantitative estimate of drug-likeness (QED) is 0.849. The molecular weight excluding hydrogens is 356 g/mol. The van der Waals surface area contributed by atoms with Crippen molar-refractivity contribution in [1.82, 2.24) is 4.90 Å². The highest BCUT2D eigenvalue weighted by Crippen LogP contribution is 2.26. The summed E-state index contributed by atoms with van der Waals surface area (Å²) >= 11 is 0. The fourth-order valence-electron chi connectivity index (χ4n) is 3.46. The molecule has 0 aromatic heterocycles. The van der Waals surface area contributed by atoms with Crippen LogP contribution < -0.4 is 5.32 Å². The van der Waals surface area contributed by atoms with Gasteiger partial charge in [0.25, 0.3) is 11.8 Å². The van der Waals surface area contributed by atoms with Gasteiger partial charge in [0, 0.05) is 23.4 Å². The number of rotatable bonds is 4. The largest absolute Gasteiger partial charge is 0.480 e. The molecule has 6 nitrogen and oxygen atoms in total. The number of carboxylic acid groups (broad SMARTS) is 1. The number of anilines is 1. The molecule has 2 unspecified atom stereocenters. The predicted octanol–water partition coefficient (Wildman–Crippen LogP) is 3.57. The van der Waals surface area contributed by atoms with Gasteiger partial charge in [-0.3, -0.25) is 9.59 Å². The predicted molar refractivity (Wildman–Crippen MR) is 106 cm³/mol. The minimum absolute atomic E-state index is 0.261. The number of aryl methyl sites for hydroxylation is 1. The fourth-order valence-corrected chi connectivity index (χ4v) is 3.46. The first kappa shape index (κ1) is 19.6. The fraction of sp³-hybridized carbons (Fsp3) is 0.318. The Morgan fingerprint density at radius 2 is 1.79 bits per heavy atom. The average Bonchev–Trinajstić information content (AvgIpc) is 2.69. The molecule has 2 aromatic carbocycles. The molecule has 6 heteroatoms. The molecule has 2 amide bonds. The summed E-state index contributed by atoms with van der Waals surface area (Å²) in [6, 6.07) is 13.1. The third-order valence-electron chi connectivity index (χ3n) is 5.18. The maximum Gasteiger partial charge on any atom is 0.326 e. The molecular formula is C22H24N2O4. The Bertz CT molecular complexity index is 895. The van der Waals surface area contributed by atoms with Crippen molar-refractivity contribution in [3.05, 3.63) is 65.2 Å². The van der Waals surface area contributed by atoms with Crippen molar-refractivity contribution in [3.8, 4) is 0 Å². The summed E-state index contributed by atoms with van der Waals surface area (Å²) < 4.78 is 0. The number of nitrogens with one attached hydrogen (secondary N) is 1. The molecule has 0 aliphatic carbocycles. The highest BCUT2D eigenvalue weighted by atomic mass is 16.4. The molecule has 1 aliphatic rings. The number of carbonyl (C=O) groups excluding carboxylic acids is 2. The van der Waals surface area contributed by atoms with Gasteiger partial charge >= 0.3 is 5.97 Å². The zero-order chi connectivity index (χ0) is 20.3. The van der Waals surface area contributed by atoms with Crippen LogP contribution in [0, 0.1) is 12.8 Å². The Labute approximate surface area is 164 Å². The maximum atomic E-state index is 13.0. The van der Waals surface area contributed by atoms with Crippen LogP contribution in [0.2, 0.25) is 0 Å². The van der Waals surface area contributed by atoms with Crippen LogP contribution in [0.15, 0.2) is 48.5 Å². The number of aliphatic carboxylic acids is 1. The lowest BCUT2D eigenvalue weighted by Crippen LogP contribution is -2.49. The minimum atomic E-state index is -0.982. The Balaban J connectivity index is 1.83. The number of carboxylic acids is 1. The van der Waals surface area contributed by atoms with Crippen molar-refractivity contribution in [2.75, 3.05) is 11.9 Å². The maximum absolute atomic E-state index is 13.0. The number of benzene rings is 2. The SMILES string of the molecule is Cc1ccc(C(=O)N2CCC(C)CC2C(=O)O)cc1NC(=O)c1ccccc1. The highest BCUT2D eigenvalue weighted by Gasteiger charge is 2.35. The van der Waals surface area contributed by atoms with E-state index in [0.717, 1.165) is 12.0 Å². The molecule has 0 saturated carbocycles. The summed E-state index contributed by atoms with van der Waals surface area (Å²) in [5.41, 5.74) is 2.25. The van der Waals surface area contributed by atoms with Crippen LogP contribution in [0.4, 0.5) is 5.69 Å². The van der Waals surface area contributed by atoms with Gasteiger partial charge in [0.05, 0.1) is 0 Å². The normalized spacial score (nSPS) is 19.1. The van der Waals surface area contributed by atoms with Crippen molar-refractivity contribution < 1.29 is 19.5 Å². The zero-order valence-corrected chi connectivity index (χ0v) is 16.0. The lowest BCUT2D eigenvalue weighted by Gasteiger charge is -2.36. The lowest BCUT2D eigenvalue weighted by molar-refractivity contribution is -0.144. The Morgan fingerprint density at radius 3 is 2.46 bits per heavy atom. The van der Waals surface area contributed by atoms with Crippen molar-refractivity contribution in [2.45, 2.75) is 32.7 Å². The van der Waals surface area contributed by atoms with Gasteiger partial charge in [0.1, 0.15) is 6.04 Å². The second kappa shape index (κ2) is 8.25. The van der Waals surface area contributed by atoms with E-state index in [0.29, 0.717) is 29.8 Å². The number of carbonyl (C=O) groups is 3. The van der Waals surface area contributed by atoms with Crippen LogP contribution in [0.1, 0.15) is 46.0 Å². The number of amides is 2. The van der Waals surface area contributed by atoms with E-state index in [4.69, 9.17) is 0 Å². The molecule has 28 heavy (non-hydrogen) atoms. The molecule has 0 radical (unpaired) electrons. The first-order chi connectivity index (χ1) is 13.4. The lowest BCUT2D eigenvalue weighted by atomic mass is 9.91. The monoisotopic (exact) mass is 380 g/mol. The van der Waals surface area contributed by atoms with Gasteiger partial charge in [-0.1, -0.05) is 31.2 Å². The van der Waals surface area contributed by atoms with Gasteiger partial charge in [-0.15, -0.1) is 0 Å². The van der Waals surface area contributed by atoms with Crippen molar-refractivity contribution in [2.24, 2.45) is 5.92 Å². The summed E-state index contributed by atoms with van der Waals surface area (Å²) in [5.74, 6) is -1.30. The summed E-state index contributed by atoms with van der Waals surface area (Å²) in [4.78, 5) is 38.5. The van der Waals surface area contributed by atoms with E-state index in [1.165, 1.54) is 4.90 Å². The zero-order valence-electron chi connectivity index (χ0n) is 16.0. The van der Waals surface area contributed by atoms with Crippen molar-refractivity contribution >= 4 is 23.5 Å². The van der Waals surface area contributed by atoms with Crippen molar-refractivity contribution in [3.63, 3.8) is 0 Å². The molecule has 1 fully saturated rings. The van der Waals surface area contributed by atoms with E-state index in [-0.39, 0.29) is 17.7 Å². The van der Waals surface area contributed by atoms with Gasteiger partial charge in [-0.05, 0) is 55.5 Å². The van der Waals surface area contributed by atoms with E-state index in [9.17, 15) is 19.5 Å². The van der Waals surface area contributed by atoms with Gasteiger partial charge in [0.15, 0.2) is 0 Å². The van der Waals surface area contributed by atoms with E-state index in [2.05, 4.69) is 5.32 Å². The van der Waals surface area contributed by atoms with Gasteiger partial charge in [-0.2, -0.15) is 0 Å². The van der Waals surface area contributed by atoms with Crippen LogP contribution in [-0.4, -0.2) is 40.4 Å². The molecule has 1 heterocycles. The van der Waals surface area contributed by atoms with Gasteiger partial charge in [0.2, 0.25) is 0 Å². The first-order valence-electron chi connectivity index (χ1n) is 9.37. The topological polar surface area (TPSA) is 86.7 Å². The van der Waals surface area contributed by atoms with Crippen LogP contribution in [0.25, 0.3) is 0 Å². The molecule has 0 bridgehead atoms. The molecule has 146 valence electrons. The molecule has 2 N–H and O–H groups in total. The number of nitrogens with zero attached hydrogens (tertiary/aromatic N) is 1. The Morgan fingerprint density at radius 1 is 1.07 bits per heavy atom. The van der Waals surface area contributed by atoms with Crippen LogP contribution >= 0.6 is 0 Å². The summed E-state index contributed by atoms with van der Waals surface area (Å²) in [6.45, 7) is 4.26. The molecule has 2 atom stereocenters. The second-order valence-corrected chi connectivity index (χ2v) is 7.33. The van der Waals surface area contributed by atoms with Gasteiger partial charge < -0.3 is 15.3 Å². The van der Waals surface area contributed by atoms with E-state index < -0.39 is 12.0 Å². The number of hydrogen-bond donors (Lipinski definition) is 2. The van der Waals surface area contributed by atoms with Crippen LogP contribution in [0.3, 0.4) is 0 Å². The Hall–Kier alpha value is -3.15. The standard InChI is InChI=1S/C22H24N2O4/c1-14-10-11-24(19(12-14)22(27)28)21(26)17-9-8-15(2)18(13-17)23-20(25)16-6-4-3-5-7-16/h3-9,13-14,19H,10-12H2,1-2H3,(H,23,25)(H,27,28). The third-order valence-corrected chi connectivity index (χ3v) is 5.18. The summed E-state index contributed by atoms with van der Waals surface area (Å²) in [7, 11) is 0. The number of likely N-dealkylation sites (tertiary alicyclic amines) is 1. The molecule has 1 saturated heterocycles. The minimum Gasteiger partial charge on any atom is -0.480 e. The molecule has 0 spiro atoms. The van der Waals surface area contributed by atoms with Gasteiger partial charge in [-0.25, -0.2) is 4.79 Å². The van der Waals surface area contributed by atoms with Crippen LogP contribution in [0.5, 0.6) is 0 Å². The van der Waals surface area contributed by atoms with Crippen LogP contribution in [-0.2, 0) is 4.79 Å².